The Bertz CT molecular complexity index is 1470. The molecule has 10 heteroatoms. The van der Waals surface area contributed by atoms with Gasteiger partial charge in [0, 0.05) is 38.1 Å². The zero-order valence-electron chi connectivity index (χ0n) is 24.6. The van der Waals surface area contributed by atoms with Gasteiger partial charge < -0.3 is 25.0 Å². The van der Waals surface area contributed by atoms with Crippen LogP contribution in [0.1, 0.15) is 42.6 Å². The van der Waals surface area contributed by atoms with E-state index in [0.29, 0.717) is 32.1 Å². The van der Waals surface area contributed by atoms with Crippen LogP contribution in [0.4, 0.5) is 11.8 Å². The zero-order valence-corrected chi connectivity index (χ0v) is 24.6. The molecule has 10 nitrogen and oxygen atoms in total. The minimum atomic E-state index is -0.893. The number of imidazole rings is 1. The lowest BCUT2D eigenvalue weighted by Gasteiger charge is -2.24. The van der Waals surface area contributed by atoms with E-state index in [-0.39, 0.29) is 0 Å². The minimum Gasteiger partial charge on any atom is -0.491 e. The second-order valence-corrected chi connectivity index (χ2v) is 10.9. The van der Waals surface area contributed by atoms with E-state index in [1.165, 1.54) is 5.56 Å². The van der Waals surface area contributed by atoms with Crippen molar-refractivity contribution in [3.63, 3.8) is 0 Å². The van der Waals surface area contributed by atoms with Crippen molar-refractivity contribution in [3.8, 4) is 5.75 Å². The second-order valence-electron chi connectivity index (χ2n) is 10.9. The van der Waals surface area contributed by atoms with E-state index in [1.54, 1.807) is 6.20 Å². The van der Waals surface area contributed by atoms with Crippen LogP contribution in [-0.2, 0) is 24.7 Å². The van der Waals surface area contributed by atoms with Gasteiger partial charge >= 0.3 is 5.97 Å². The summed E-state index contributed by atoms with van der Waals surface area (Å²) in [5.74, 6) is 1.43. The molecule has 0 saturated carbocycles. The Morgan fingerprint density at radius 2 is 2.00 bits per heavy atom. The first-order chi connectivity index (χ1) is 20.5. The number of carbonyl (C=O) groups is 1. The van der Waals surface area contributed by atoms with E-state index in [4.69, 9.17) is 9.72 Å². The third kappa shape index (κ3) is 7.76. The number of nitrogens with zero attached hydrogens (tertiary/aromatic N) is 5. The molecule has 0 spiro atoms. The molecule has 4 aromatic rings. The highest BCUT2D eigenvalue weighted by Crippen LogP contribution is 2.21. The Balaban J connectivity index is 1.17. The lowest BCUT2D eigenvalue weighted by Crippen LogP contribution is -2.37. The lowest BCUT2D eigenvalue weighted by molar-refractivity contribution is -0.138. The van der Waals surface area contributed by atoms with Crippen LogP contribution < -0.4 is 15.4 Å². The summed E-state index contributed by atoms with van der Waals surface area (Å²) in [6, 6.07) is 15.2. The molecule has 5 rings (SSSR count). The first kappa shape index (κ1) is 29.3. The van der Waals surface area contributed by atoms with Gasteiger partial charge in [0.25, 0.3) is 0 Å². The molecule has 1 atom stereocenters. The van der Waals surface area contributed by atoms with Crippen molar-refractivity contribution < 1.29 is 14.6 Å². The number of anilines is 2. The summed E-state index contributed by atoms with van der Waals surface area (Å²) < 4.78 is 7.85. The zero-order chi connectivity index (χ0) is 29.3. The van der Waals surface area contributed by atoms with Gasteiger partial charge in [0.05, 0.1) is 17.2 Å². The molecule has 0 aliphatic carbocycles. The molecular weight excluding hydrogens is 530 g/mol. The van der Waals surface area contributed by atoms with Gasteiger partial charge in [-0.25, -0.2) is 14.8 Å². The predicted octanol–water partition coefficient (Wildman–Crippen LogP) is 4.69. The third-order valence-electron chi connectivity index (χ3n) is 7.79. The van der Waals surface area contributed by atoms with Gasteiger partial charge in [-0.05, 0) is 87.9 Å². The molecule has 3 aromatic heterocycles. The van der Waals surface area contributed by atoms with Gasteiger partial charge in [0.1, 0.15) is 24.2 Å². The number of para-hydroxylation sites is 2. The van der Waals surface area contributed by atoms with E-state index >= 15 is 0 Å². The fourth-order valence-electron chi connectivity index (χ4n) is 5.32. The average molecular weight is 572 g/mol. The monoisotopic (exact) mass is 571 g/mol. The number of aromatic nitrogens is 4. The quantitative estimate of drug-likeness (QED) is 0.175. The molecular formula is C32H41N7O3. The van der Waals surface area contributed by atoms with Crippen LogP contribution >= 0.6 is 0 Å². The predicted molar refractivity (Wildman–Crippen MR) is 165 cm³/mol. The Morgan fingerprint density at radius 3 is 2.81 bits per heavy atom. The van der Waals surface area contributed by atoms with Crippen molar-refractivity contribution in [2.45, 2.75) is 51.5 Å². The van der Waals surface area contributed by atoms with E-state index in [1.807, 2.05) is 54.9 Å². The first-order valence-electron chi connectivity index (χ1n) is 14.9. The van der Waals surface area contributed by atoms with Gasteiger partial charge in [-0.2, -0.15) is 0 Å². The Hall–Kier alpha value is -4.18. The number of aryl methyl sites for hydroxylation is 4. The summed E-state index contributed by atoms with van der Waals surface area (Å²) in [5, 5.41) is 16.6. The molecule has 0 bridgehead atoms. The molecule has 1 unspecified atom stereocenters. The van der Waals surface area contributed by atoms with E-state index in [9.17, 15) is 9.90 Å². The van der Waals surface area contributed by atoms with E-state index in [0.717, 1.165) is 79.2 Å². The number of hydrogen-bond acceptors (Lipinski definition) is 8. The van der Waals surface area contributed by atoms with Crippen molar-refractivity contribution in [1.82, 2.24) is 24.4 Å². The number of carboxylic acid groups (broad SMARTS) is 1. The molecule has 0 fully saturated rings. The summed E-state index contributed by atoms with van der Waals surface area (Å²) in [5.41, 5.74) is 5.15. The van der Waals surface area contributed by atoms with Crippen molar-refractivity contribution >= 4 is 28.8 Å². The normalized spacial score (nSPS) is 13.5. The smallest absolute Gasteiger partial charge is 0.326 e. The molecule has 4 heterocycles. The number of benzene rings is 1. The number of nitrogens with one attached hydrogen (secondary N) is 2. The lowest BCUT2D eigenvalue weighted by atomic mass is 10.1. The summed E-state index contributed by atoms with van der Waals surface area (Å²) in [7, 11) is 1.90. The number of hydrogen-bond donors (Lipinski definition) is 3. The van der Waals surface area contributed by atoms with Crippen LogP contribution in [-0.4, -0.2) is 74.3 Å². The Labute approximate surface area is 247 Å². The number of pyridine rings is 2. The van der Waals surface area contributed by atoms with Gasteiger partial charge in [0.2, 0.25) is 5.95 Å². The maximum absolute atomic E-state index is 12.2. The summed E-state index contributed by atoms with van der Waals surface area (Å²) >= 11 is 0. The maximum atomic E-state index is 12.2. The molecule has 1 aliphatic rings. The number of carboxylic acids is 1. The molecule has 3 N–H and O–H groups in total. The Kier molecular flexibility index (Phi) is 9.86. The number of fused-ring (bicyclic) bond motifs is 2. The number of ether oxygens (including phenoxy) is 1. The summed E-state index contributed by atoms with van der Waals surface area (Å²) in [6.45, 7) is 5.58. The van der Waals surface area contributed by atoms with Crippen LogP contribution in [0.5, 0.6) is 5.75 Å². The molecule has 0 amide bonds. The molecule has 222 valence electrons. The largest absolute Gasteiger partial charge is 0.491 e. The summed E-state index contributed by atoms with van der Waals surface area (Å²) in [6.07, 6.45) is 7.32. The first-order valence-corrected chi connectivity index (χ1v) is 14.9. The Morgan fingerprint density at radius 1 is 1.12 bits per heavy atom. The molecule has 0 saturated heterocycles. The van der Waals surface area contributed by atoms with Crippen LogP contribution in [0.3, 0.4) is 0 Å². The number of unbranched alkanes of at least 4 members (excludes halogenated alkanes) is 1. The van der Waals surface area contributed by atoms with E-state index in [2.05, 4.69) is 37.6 Å². The number of rotatable bonds is 15. The molecule has 1 aliphatic heterocycles. The highest BCUT2D eigenvalue weighted by molar-refractivity contribution is 5.81. The van der Waals surface area contributed by atoms with Crippen molar-refractivity contribution in [2.75, 3.05) is 43.4 Å². The van der Waals surface area contributed by atoms with Crippen LogP contribution in [0.25, 0.3) is 11.0 Å². The topological polar surface area (TPSA) is 117 Å². The standard InChI is InChI=1S/C32H41N7O3/c1-23-12-15-26(22-34-23)42-21-20-39(18-6-5-9-25-14-13-24-8-7-17-33-30(24)35-25)19-16-28(31(40)41)37-32-36-27-10-3-4-11-29(27)38(32)2/h3-4,10-15,22,28H,5-9,16-21H2,1-2H3,(H,33,35)(H,36,37)(H,40,41). The average Bonchev–Trinajstić information content (AvgIpc) is 3.32. The number of aliphatic carboxylic acids is 1. The fourth-order valence-corrected chi connectivity index (χ4v) is 5.32. The second kappa shape index (κ2) is 14.1. The van der Waals surface area contributed by atoms with Gasteiger partial charge in [0.15, 0.2) is 0 Å². The third-order valence-corrected chi connectivity index (χ3v) is 7.79. The maximum Gasteiger partial charge on any atom is 0.326 e. The van der Waals surface area contributed by atoms with Gasteiger partial charge in [-0.1, -0.05) is 18.2 Å². The van der Waals surface area contributed by atoms with Crippen molar-refractivity contribution in [3.05, 3.63) is 71.7 Å². The van der Waals surface area contributed by atoms with Crippen LogP contribution in [0, 0.1) is 6.92 Å². The molecule has 0 radical (unpaired) electrons. The highest BCUT2D eigenvalue weighted by atomic mass is 16.5. The fraction of sp³-hybridized carbons (Fsp3) is 0.438. The van der Waals surface area contributed by atoms with Gasteiger partial charge in [-0.3, -0.25) is 9.88 Å². The van der Waals surface area contributed by atoms with Crippen LogP contribution in [0.2, 0.25) is 0 Å². The SMILES string of the molecule is Cc1ccc(OCCN(CCCCc2ccc3c(n2)NCCC3)CCC(Nc2nc3ccccc3n2C)C(=O)O)cn1. The van der Waals surface area contributed by atoms with Crippen molar-refractivity contribution in [1.29, 1.82) is 0 Å². The van der Waals surface area contributed by atoms with Crippen LogP contribution in [0.15, 0.2) is 54.7 Å². The molecule has 42 heavy (non-hydrogen) atoms. The summed E-state index contributed by atoms with van der Waals surface area (Å²) in [4.78, 5) is 28.3. The molecule has 1 aromatic carbocycles. The van der Waals surface area contributed by atoms with Crippen molar-refractivity contribution in [2.24, 2.45) is 7.05 Å². The highest BCUT2D eigenvalue weighted by Gasteiger charge is 2.21. The van der Waals surface area contributed by atoms with Gasteiger partial charge in [-0.15, -0.1) is 0 Å². The minimum absolute atomic E-state index is 0.433. The van der Waals surface area contributed by atoms with E-state index < -0.39 is 12.0 Å².